The molecule has 0 aromatic carbocycles. The van der Waals surface area contributed by atoms with Gasteiger partial charge >= 0.3 is 0 Å². The summed E-state index contributed by atoms with van der Waals surface area (Å²) in [7, 11) is 1.87. The van der Waals surface area contributed by atoms with Crippen LogP contribution in [0.2, 0.25) is 0 Å². The predicted molar refractivity (Wildman–Crippen MR) is 77.5 cm³/mol. The van der Waals surface area contributed by atoms with E-state index >= 15 is 0 Å². The third kappa shape index (κ3) is 2.38. The molecule has 1 atom stereocenters. The lowest BCUT2D eigenvalue weighted by molar-refractivity contribution is -0.120. The van der Waals surface area contributed by atoms with E-state index in [0.29, 0.717) is 0 Å². The fourth-order valence-corrected chi connectivity index (χ4v) is 2.70. The highest BCUT2D eigenvalue weighted by Gasteiger charge is 2.21. The zero-order valence-electron chi connectivity index (χ0n) is 11.8. The van der Waals surface area contributed by atoms with Crippen molar-refractivity contribution in [1.82, 2.24) is 20.1 Å². The largest absolute Gasteiger partial charge is 0.324 e. The van der Waals surface area contributed by atoms with E-state index in [1.54, 1.807) is 10.9 Å². The molecule has 6 heteroatoms. The highest BCUT2D eigenvalue weighted by Crippen LogP contribution is 2.20. The maximum absolute atomic E-state index is 12.2. The van der Waals surface area contributed by atoms with Crippen LogP contribution in [0, 0.1) is 12.8 Å². The Morgan fingerprint density at radius 3 is 3.15 bits per heavy atom. The maximum Gasteiger partial charge on any atom is 0.228 e. The smallest absolute Gasteiger partial charge is 0.228 e. The summed E-state index contributed by atoms with van der Waals surface area (Å²) in [5, 5.41) is 11.5. The number of piperidine rings is 1. The van der Waals surface area contributed by atoms with E-state index in [4.69, 9.17) is 0 Å². The van der Waals surface area contributed by atoms with Crippen molar-refractivity contribution in [1.29, 1.82) is 0 Å². The van der Waals surface area contributed by atoms with Crippen molar-refractivity contribution in [2.24, 2.45) is 13.0 Å². The number of carbonyl (C=O) groups excluding carboxylic acids is 1. The standard InChI is InChI=1S/C14H19N5O/c1-9-12-6-11(8-16-13(12)19(2)18-9)17-14(20)10-4-3-5-15-7-10/h6,8,10,15H,3-5,7H2,1-2H3,(H,17,20)/t10-/m0/s1. The first kappa shape index (κ1) is 13.1. The van der Waals surface area contributed by atoms with Crippen LogP contribution in [0.5, 0.6) is 0 Å². The van der Waals surface area contributed by atoms with Crippen molar-refractivity contribution < 1.29 is 4.79 Å². The number of aryl methyl sites for hydroxylation is 2. The molecule has 0 aliphatic carbocycles. The van der Waals surface area contributed by atoms with E-state index in [2.05, 4.69) is 20.7 Å². The van der Waals surface area contributed by atoms with Gasteiger partial charge in [-0.1, -0.05) is 0 Å². The molecule has 3 rings (SSSR count). The summed E-state index contributed by atoms with van der Waals surface area (Å²) >= 11 is 0. The topological polar surface area (TPSA) is 71.8 Å². The molecule has 0 saturated carbocycles. The van der Waals surface area contributed by atoms with Crippen LogP contribution in [0.4, 0.5) is 5.69 Å². The lowest BCUT2D eigenvalue weighted by Gasteiger charge is -2.21. The third-order valence-electron chi connectivity index (χ3n) is 3.80. The van der Waals surface area contributed by atoms with Crippen molar-refractivity contribution in [3.63, 3.8) is 0 Å². The van der Waals surface area contributed by atoms with Crippen LogP contribution in [0.25, 0.3) is 11.0 Å². The number of aromatic nitrogens is 3. The highest BCUT2D eigenvalue weighted by atomic mass is 16.1. The lowest BCUT2D eigenvalue weighted by Crippen LogP contribution is -2.37. The Hall–Kier alpha value is -1.95. The summed E-state index contributed by atoms with van der Waals surface area (Å²) in [5.41, 5.74) is 2.49. The third-order valence-corrected chi connectivity index (χ3v) is 3.80. The monoisotopic (exact) mass is 273 g/mol. The number of nitrogens with one attached hydrogen (secondary N) is 2. The van der Waals surface area contributed by atoms with Gasteiger partial charge in [-0.25, -0.2) is 4.98 Å². The molecule has 1 saturated heterocycles. The number of anilines is 1. The lowest BCUT2D eigenvalue weighted by atomic mass is 9.99. The van der Waals surface area contributed by atoms with E-state index in [1.807, 2.05) is 20.0 Å². The van der Waals surface area contributed by atoms with Gasteiger partial charge in [-0.05, 0) is 32.4 Å². The number of pyridine rings is 1. The molecule has 0 spiro atoms. The number of nitrogens with zero attached hydrogens (tertiary/aromatic N) is 3. The molecule has 6 nitrogen and oxygen atoms in total. The van der Waals surface area contributed by atoms with Gasteiger partial charge in [-0.15, -0.1) is 0 Å². The molecule has 3 heterocycles. The fourth-order valence-electron chi connectivity index (χ4n) is 2.70. The zero-order chi connectivity index (χ0) is 14.1. The van der Waals surface area contributed by atoms with Crippen LogP contribution in [0.15, 0.2) is 12.3 Å². The van der Waals surface area contributed by atoms with Crippen LogP contribution < -0.4 is 10.6 Å². The Morgan fingerprint density at radius 1 is 1.55 bits per heavy atom. The molecule has 2 aromatic heterocycles. The molecule has 0 radical (unpaired) electrons. The molecule has 1 aliphatic heterocycles. The predicted octanol–water partition coefficient (Wildman–Crippen LogP) is 1.21. The Kier molecular flexibility index (Phi) is 3.40. The maximum atomic E-state index is 12.2. The van der Waals surface area contributed by atoms with E-state index in [-0.39, 0.29) is 11.8 Å². The van der Waals surface area contributed by atoms with Crippen molar-refractivity contribution in [2.45, 2.75) is 19.8 Å². The Labute approximate surface area is 117 Å². The SMILES string of the molecule is Cc1nn(C)c2ncc(NC(=O)[C@H]3CCCNC3)cc12. The van der Waals surface area contributed by atoms with Crippen molar-refractivity contribution >= 4 is 22.6 Å². The van der Waals surface area contributed by atoms with Gasteiger partial charge in [0.2, 0.25) is 5.91 Å². The van der Waals surface area contributed by atoms with Crippen molar-refractivity contribution in [2.75, 3.05) is 18.4 Å². The number of hydrogen-bond acceptors (Lipinski definition) is 4. The Balaban J connectivity index is 1.80. The first-order valence-corrected chi connectivity index (χ1v) is 6.96. The Bertz CT molecular complexity index is 642. The van der Waals surface area contributed by atoms with Gasteiger partial charge in [-0.3, -0.25) is 9.48 Å². The summed E-state index contributed by atoms with van der Waals surface area (Å²) in [6.45, 7) is 3.71. The normalized spacial score (nSPS) is 19.2. The molecule has 2 aromatic rings. The molecule has 20 heavy (non-hydrogen) atoms. The molecule has 1 fully saturated rings. The number of hydrogen-bond donors (Lipinski definition) is 2. The van der Waals surface area contributed by atoms with Gasteiger partial charge < -0.3 is 10.6 Å². The highest BCUT2D eigenvalue weighted by molar-refractivity contribution is 5.94. The number of fused-ring (bicyclic) bond motifs is 1. The first-order valence-electron chi connectivity index (χ1n) is 6.96. The minimum absolute atomic E-state index is 0.0504. The minimum atomic E-state index is 0.0504. The molecule has 1 aliphatic rings. The minimum Gasteiger partial charge on any atom is -0.324 e. The van der Waals surface area contributed by atoms with E-state index in [9.17, 15) is 4.79 Å². The fraction of sp³-hybridized carbons (Fsp3) is 0.500. The van der Waals surface area contributed by atoms with Crippen LogP contribution in [-0.2, 0) is 11.8 Å². The van der Waals surface area contributed by atoms with E-state index < -0.39 is 0 Å². The van der Waals surface area contributed by atoms with Crippen molar-refractivity contribution in [3.05, 3.63) is 18.0 Å². The second-order valence-corrected chi connectivity index (χ2v) is 5.34. The summed E-state index contributed by atoms with van der Waals surface area (Å²) < 4.78 is 1.75. The van der Waals surface area contributed by atoms with Crippen LogP contribution in [0.3, 0.4) is 0 Å². The second kappa shape index (κ2) is 5.20. The van der Waals surface area contributed by atoms with Gasteiger partial charge in [0.15, 0.2) is 5.65 Å². The quantitative estimate of drug-likeness (QED) is 0.863. The van der Waals surface area contributed by atoms with E-state index in [0.717, 1.165) is 48.3 Å². The Morgan fingerprint density at radius 2 is 2.40 bits per heavy atom. The summed E-state index contributed by atoms with van der Waals surface area (Å²) in [4.78, 5) is 16.6. The number of carbonyl (C=O) groups is 1. The molecule has 106 valence electrons. The second-order valence-electron chi connectivity index (χ2n) is 5.34. The van der Waals surface area contributed by atoms with Crippen LogP contribution >= 0.6 is 0 Å². The summed E-state index contributed by atoms with van der Waals surface area (Å²) in [6, 6.07) is 1.94. The summed E-state index contributed by atoms with van der Waals surface area (Å²) in [5.74, 6) is 0.120. The van der Waals surface area contributed by atoms with Crippen molar-refractivity contribution in [3.8, 4) is 0 Å². The molecule has 2 N–H and O–H groups in total. The molecule has 1 amide bonds. The average Bonchev–Trinajstić information content (AvgIpc) is 2.75. The van der Waals surface area contributed by atoms with Gasteiger partial charge in [0.25, 0.3) is 0 Å². The van der Waals surface area contributed by atoms with Gasteiger partial charge in [0.1, 0.15) is 0 Å². The number of rotatable bonds is 2. The molecule has 0 unspecified atom stereocenters. The number of amides is 1. The van der Waals surface area contributed by atoms with Gasteiger partial charge in [-0.2, -0.15) is 5.10 Å². The molecular weight excluding hydrogens is 254 g/mol. The first-order chi connectivity index (χ1) is 9.65. The van der Waals surface area contributed by atoms with E-state index in [1.165, 1.54) is 0 Å². The summed E-state index contributed by atoms with van der Waals surface area (Å²) in [6.07, 6.45) is 3.69. The van der Waals surface area contributed by atoms with Gasteiger partial charge in [0.05, 0.1) is 23.5 Å². The molecule has 0 bridgehead atoms. The van der Waals surface area contributed by atoms with Crippen LogP contribution in [0.1, 0.15) is 18.5 Å². The van der Waals surface area contributed by atoms with Gasteiger partial charge in [0, 0.05) is 19.0 Å². The van der Waals surface area contributed by atoms with Crippen LogP contribution in [-0.4, -0.2) is 33.8 Å². The average molecular weight is 273 g/mol. The zero-order valence-corrected chi connectivity index (χ0v) is 11.8. The molecular formula is C14H19N5O.